The number of hydrogen-bond acceptors (Lipinski definition) is 8. The van der Waals surface area contributed by atoms with Gasteiger partial charge in [-0.2, -0.15) is 0 Å². The highest BCUT2D eigenvalue weighted by Gasteiger charge is 2.35. The Morgan fingerprint density at radius 1 is 1.38 bits per heavy atom. The zero-order valence-electron chi connectivity index (χ0n) is 16.5. The topological polar surface area (TPSA) is 120 Å². The molecule has 11 heteroatoms. The fourth-order valence-electron chi connectivity index (χ4n) is 3.20. The minimum absolute atomic E-state index is 0.0947. The van der Waals surface area contributed by atoms with Crippen LogP contribution in [-0.2, 0) is 14.6 Å². The van der Waals surface area contributed by atoms with Crippen molar-refractivity contribution >= 4 is 43.2 Å². The van der Waals surface area contributed by atoms with E-state index in [1.54, 1.807) is 20.8 Å². The summed E-state index contributed by atoms with van der Waals surface area (Å²) in [7, 11) is -3.78. The highest BCUT2D eigenvalue weighted by atomic mass is 32.2. The number of piperidine rings is 1. The van der Waals surface area contributed by atoms with Crippen molar-refractivity contribution in [3.63, 3.8) is 0 Å². The van der Waals surface area contributed by atoms with E-state index >= 15 is 0 Å². The predicted octanol–water partition coefficient (Wildman–Crippen LogP) is 3.77. The molecular formula is C18H23N3O6S2. The normalized spacial score (nSPS) is 18.0. The third kappa shape index (κ3) is 5.02. The summed E-state index contributed by atoms with van der Waals surface area (Å²) in [6.07, 6.45) is 1.67. The van der Waals surface area contributed by atoms with E-state index in [0.717, 1.165) is 24.2 Å². The Bertz CT molecular complexity index is 1040. The van der Waals surface area contributed by atoms with Crippen LogP contribution >= 0.6 is 11.3 Å². The molecule has 1 atom stereocenters. The van der Waals surface area contributed by atoms with Gasteiger partial charge in [-0.15, -0.1) is 11.3 Å². The van der Waals surface area contributed by atoms with Crippen LogP contribution in [0.5, 0.6) is 0 Å². The Morgan fingerprint density at radius 3 is 2.76 bits per heavy atom. The van der Waals surface area contributed by atoms with Crippen LogP contribution in [0.3, 0.4) is 0 Å². The summed E-state index contributed by atoms with van der Waals surface area (Å²) < 4.78 is 31.8. The van der Waals surface area contributed by atoms with Gasteiger partial charge in [0.2, 0.25) is 14.2 Å². The van der Waals surface area contributed by atoms with Crippen LogP contribution < -0.4 is 0 Å². The van der Waals surface area contributed by atoms with Crippen LogP contribution in [0.15, 0.2) is 22.5 Å². The number of thiazole rings is 1. The molecule has 1 aliphatic heterocycles. The lowest BCUT2D eigenvalue weighted by Crippen LogP contribution is -2.48. The zero-order chi connectivity index (χ0) is 21.4. The van der Waals surface area contributed by atoms with Crippen molar-refractivity contribution in [2.45, 2.75) is 56.0 Å². The number of hydrogen-bond donors (Lipinski definition) is 0. The molecule has 29 heavy (non-hydrogen) atoms. The number of aromatic nitrogens is 1. The smallest absolute Gasteiger partial charge is 0.410 e. The minimum Gasteiger partial charge on any atom is -0.444 e. The number of fused-ring (bicyclic) bond motifs is 1. The third-order valence-corrected chi connectivity index (χ3v) is 7.79. The quantitative estimate of drug-likeness (QED) is 0.523. The molecule has 3 rings (SSSR count). The van der Waals surface area contributed by atoms with Crippen molar-refractivity contribution in [1.29, 1.82) is 0 Å². The molecule has 9 nitrogen and oxygen atoms in total. The Balaban J connectivity index is 1.84. The van der Waals surface area contributed by atoms with Crippen molar-refractivity contribution < 1.29 is 22.9 Å². The highest BCUT2D eigenvalue weighted by molar-refractivity contribution is 7.93. The summed E-state index contributed by atoms with van der Waals surface area (Å²) in [5.74, 6) is -0.256. The number of amides is 1. The first-order valence-corrected chi connectivity index (χ1v) is 11.7. The average molecular weight is 442 g/mol. The highest BCUT2D eigenvalue weighted by Crippen LogP contribution is 2.30. The summed E-state index contributed by atoms with van der Waals surface area (Å²) in [6, 6.07) is 3.59. The predicted molar refractivity (Wildman–Crippen MR) is 109 cm³/mol. The van der Waals surface area contributed by atoms with Gasteiger partial charge in [-0.25, -0.2) is 18.2 Å². The molecular weight excluding hydrogens is 418 g/mol. The van der Waals surface area contributed by atoms with E-state index in [1.165, 1.54) is 23.1 Å². The Morgan fingerprint density at radius 2 is 2.10 bits per heavy atom. The summed E-state index contributed by atoms with van der Waals surface area (Å²) >= 11 is 0.976. The number of carbonyl (C=O) groups excluding carboxylic acids is 1. The number of benzene rings is 1. The van der Waals surface area contributed by atoms with E-state index in [9.17, 15) is 23.3 Å². The third-order valence-electron chi connectivity index (χ3n) is 4.50. The van der Waals surface area contributed by atoms with Crippen molar-refractivity contribution in [2.75, 3.05) is 12.3 Å². The van der Waals surface area contributed by atoms with Crippen LogP contribution in [0, 0.1) is 10.1 Å². The molecule has 1 saturated heterocycles. The van der Waals surface area contributed by atoms with Gasteiger partial charge in [-0.05, 0) is 46.1 Å². The minimum atomic E-state index is -3.78. The molecule has 1 aromatic heterocycles. The monoisotopic (exact) mass is 441 g/mol. The standard InChI is InChI=1S/C18H23N3O6S2/c1-18(2,3)27-17(22)20-9-5-4-6-13(20)11-29(25,26)16-19-14-10-12(21(23)24)7-8-15(14)28-16/h7-8,10,13H,4-6,9,11H2,1-3H3. The molecule has 1 aliphatic rings. The van der Waals surface area contributed by atoms with Gasteiger partial charge in [0.25, 0.3) is 5.69 Å². The molecule has 158 valence electrons. The fourth-order valence-corrected chi connectivity index (χ4v) is 6.09. The number of likely N-dealkylation sites (tertiary alicyclic amines) is 1. The summed E-state index contributed by atoms with van der Waals surface area (Å²) in [4.78, 5) is 28.5. The van der Waals surface area contributed by atoms with Crippen molar-refractivity contribution in [3.05, 3.63) is 28.3 Å². The van der Waals surface area contributed by atoms with Crippen LogP contribution in [0.25, 0.3) is 10.2 Å². The van der Waals surface area contributed by atoms with Crippen LogP contribution in [-0.4, -0.2) is 53.3 Å². The molecule has 2 aromatic rings. The van der Waals surface area contributed by atoms with Gasteiger partial charge in [-0.1, -0.05) is 0 Å². The van der Waals surface area contributed by atoms with Crippen LogP contribution in [0.1, 0.15) is 40.0 Å². The maximum absolute atomic E-state index is 13.0. The van der Waals surface area contributed by atoms with E-state index in [0.29, 0.717) is 17.7 Å². The molecule has 0 aliphatic carbocycles. The number of non-ortho nitro benzene ring substituents is 1. The molecule has 1 aromatic carbocycles. The van der Waals surface area contributed by atoms with E-state index in [4.69, 9.17) is 4.74 Å². The molecule has 1 unspecified atom stereocenters. The number of carbonyl (C=O) groups is 1. The average Bonchev–Trinajstić information content (AvgIpc) is 3.04. The maximum atomic E-state index is 13.0. The van der Waals surface area contributed by atoms with Crippen molar-refractivity contribution in [1.82, 2.24) is 9.88 Å². The number of sulfone groups is 1. The van der Waals surface area contributed by atoms with Gasteiger partial charge < -0.3 is 9.64 Å². The van der Waals surface area contributed by atoms with Crippen molar-refractivity contribution in [2.24, 2.45) is 0 Å². The van der Waals surface area contributed by atoms with E-state index < -0.39 is 32.5 Å². The lowest BCUT2D eigenvalue weighted by molar-refractivity contribution is -0.384. The number of nitrogens with zero attached hydrogens (tertiary/aromatic N) is 3. The second kappa shape index (κ2) is 7.86. The maximum Gasteiger partial charge on any atom is 0.410 e. The number of nitro groups is 1. The van der Waals surface area contributed by atoms with Gasteiger partial charge in [0.05, 0.1) is 20.9 Å². The summed E-state index contributed by atoms with van der Waals surface area (Å²) in [5.41, 5.74) is -0.537. The van der Waals surface area contributed by atoms with Crippen molar-refractivity contribution in [3.8, 4) is 0 Å². The Kier molecular flexibility index (Phi) is 5.81. The Labute approximate surface area is 172 Å². The van der Waals surface area contributed by atoms with E-state index in [-0.39, 0.29) is 21.3 Å². The molecule has 0 spiro atoms. The largest absolute Gasteiger partial charge is 0.444 e. The number of nitro benzene ring substituents is 1. The number of rotatable bonds is 4. The molecule has 0 radical (unpaired) electrons. The van der Waals surface area contributed by atoms with E-state index in [1.807, 2.05) is 0 Å². The first-order chi connectivity index (χ1) is 13.5. The lowest BCUT2D eigenvalue weighted by atomic mass is 10.0. The first-order valence-electron chi connectivity index (χ1n) is 9.24. The molecule has 2 heterocycles. The SMILES string of the molecule is CC(C)(C)OC(=O)N1CCCCC1CS(=O)(=O)c1nc2cc([N+](=O)[O-])ccc2s1. The van der Waals surface area contributed by atoms with E-state index in [2.05, 4.69) is 4.98 Å². The van der Waals surface area contributed by atoms with Crippen LogP contribution in [0.4, 0.5) is 10.5 Å². The van der Waals surface area contributed by atoms with Gasteiger partial charge in [0.1, 0.15) is 5.60 Å². The fraction of sp³-hybridized carbons (Fsp3) is 0.556. The molecule has 1 amide bonds. The summed E-state index contributed by atoms with van der Waals surface area (Å²) in [5, 5.41) is 10.9. The van der Waals surface area contributed by atoms with Gasteiger partial charge in [0.15, 0.2) is 0 Å². The van der Waals surface area contributed by atoms with Crippen LogP contribution in [0.2, 0.25) is 0 Å². The molecule has 0 bridgehead atoms. The van der Waals surface area contributed by atoms with Gasteiger partial charge in [0, 0.05) is 24.7 Å². The first kappa shape index (κ1) is 21.4. The molecule has 0 N–H and O–H groups in total. The zero-order valence-corrected chi connectivity index (χ0v) is 18.1. The van der Waals surface area contributed by atoms with Gasteiger partial charge in [-0.3, -0.25) is 10.1 Å². The second-order valence-electron chi connectivity index (χ2n) is 7.99. The number of ether oxygens (including phenoxy) is 1. The second-order valence-corrected chi connectivity index (χ2v) is 11.2. The lowest BCUT2D eigenvalue weighted by Gasteiger charge is -2.36. The molecule has 0 saturated carbocycles. The Hall–Kier alpha value is -2.27. The van der Waals surface area contributed by atoms with Gasteiger partial charge >= 0.3 is 6.09 Å². The molecule has 1 fully saturated rings. The summed E-state index contributed by atoms with van der Waals surface area (Å²) in [6.45, 7) is 5.74.